The van der Waals surface area contributed by atoms with Crippen LogP contribution >= 0.6 is 11.8 Å². The third-order valence-electron chi connectivity index (χ3n) is 1.23. The van der Waals surface area contributed by atoms with Gasteiger partial charge in [-0.05, 0) is 5.75 Å². The summed E-state index contributed by atoms with van der Waals surface area (Å²) in [6.07, 6.45) is 5.30. The zero-order valence-electron chi connectivity index (χ0n) is 8.23. The minimum atomic E-state index is 0. The van der Waals surface area contributed by atoms with Gasteiger partial charge in [0.05, 0.1) is 6.20 Å². The van der Waals surface area contributed by atoms with Crippen LogP contribution in [0.5, 0.6) is 0 Å². The summed E-state index contributed by atoms with van der Waals surface area (Å²) in [6.45, 7) is 2.06. The van der Waals surface area contributed by atoms with E-state index in [1.165, 1.54) is 0 Å². The number of hydrogen-bond acceptors (Lipinski definition) is 5. The van der Waals surface area contributed by atoms with Crippen LogP contribution in [-0.4, -0.2) is 27.5 Å². The van der Waals surface area contributed by atoms with Gasteiger partial charge >= 0.3 is 29.6 Å². The Morgan fingerprint density at radius 2 is 2.14 bits per heavy atom. The van der Waals surface area contributed by atoms with Gasteiger partial charge in [0.2, 0.25) is 0 Å². The fraction of sp³-hybridized carbons (Fsp3) is 0.375. The normalized spacial score (nSPS) is 8.36. The molecule has 72 valence electrons. The van der Waals surface area contributed by atoms with Crippen molar-refractivity contribution in [2.75, 3.05) is 5.75 Å². The molecular formula is C8H10N2NaO2S-. The van der Waals surface area contributed by atoms with E-state index in [9.17, 15) is 4.79 Å². The summed E-state index contributed by atoms with van der Waals surface area (Å²) in [6, 6.07) is 0. The van der Waals surface area contributed by atoms with Crippen molar-refractivity contribution in [2.45, 2.75) is 18.4 Å². The molecule has 1 aromatic heterocycles. The van der Waals surface area contributed by atoms with Gasteiger partial charge in [-0.25, -0.2) is 4.98 Å². The molecule has 14 heavy (non-hydrogen) atoms. The first kappa shape index (κ1) is 16.5. The zero-order valence-corrected chi connectivity index (χ0v) is 11.0. The molecule has 0 fully saturated rings. The summed E-state index contributed by atoms with van der Waals surface area (Å²) in [7, 11) is 0. The molecule has 0 unspecified atom stereocenters. The third kappa shape index (κ3) is 5.72. The standard InChI is InChI=1S/C8H9N2OS.Na.H2O/c1-2-12-8-6-9-7(3-4-11)5-10-8;;/h5-6H,2-3H2,1H3;;1H2/q-1;+1;/p-1. The van der Waals surface area contributed by atoms with Gasteiger partial charge in [0.15, 0.2) is 0 Å². The summed E-state index contributed by atoms with van der Waals surface area (Å²) in [5.74, 6) is 0.980. The molecule has 0 spiro atoms. The maximum atomic E-state index is 9.99. The molecule has 0 radical (unpaired) electrons. The van der Waals surface area contributed by atoms with Gasteiger partial charge in [-0.1, -0.05) is 6.92 Å². The van der Waals surface area contributed by atoms with E-state index in [2.05, 4.69) is 16.9 Å². The van der Waals surface area contributed by atoms with Crippen molar-refractivity contribution in [1.82, 2.24) is 9.97 Å². The second kappa shape index (κ2) is 9.61. The number of aromatic nitrogens is 2. The van der Waals surface area contributed by atoms with Gasteiger partial charge < -0.3 is 10.3 Å². The van der Waals surface area contributed by atoms with E-state index in [1.54, 1.807) is 30.4 Å². The van der Waals surface area contributed by atoms with E-state index >= 15 is 0 Å². The third-order valence-corrected chi connectivity index (χ3v) is 2.02. The van der Waals surface area contributed by atoms with E-state index in [0.717, 1.165) is 10.8 Å². The smallest absolute Gasteiger partial charge is 0.870 e. The zero-order chi connectivity index (χ0) is 8.81. The largest absolute Gasteiger partial charge is 1.00 e. The number of carbonyl (C=O) groups excluding carboxylic acids is 1. The molecule has 1 N–H and O–H groups in total. The molecule has 0 amide bonds. The number of thioether (sulfide) groups is 1. The van der Waals surface area contributed by atoms with E-state index in [1.807, 2.05) is 0 Å². The molecule has 4 nitrogen and oxygen atoms in total. The molecule has 0 aliphatic carbocycles. The number of rotatable bonds is 4. The van der Waals surface area contributed by atoms with Crippen molar-refractivity contribution in [3.63, 3.8) is 0 Å². The van der Waals surface area contributed by atoms with E-state index in [0.29, 0.717) is 5.69 Å². The van der Waals surface area contributed by atoms with Crippen LogP contribution < -0.4 is 29.6 Å². The predicted molar refractivity (Wildman–Crippen MR) is 49.8 cm³/mol. The molecule has 0 saturated carbocycles. The minimum Gasteiger partial charge on any atom is -0.870 e. The van der Waals surface area contributed by atoms with Gasteiger partial charge in [-0.3, -0.25) is 11.3 Å². The molecule has 0 aliphatic rings. The van der Waals surface area contributed by atoms with Crippen molar-refractivity contribution < 1.29 is 39.8 Å². The van der Waals surface area contributed by atoms with Crippen molar-refractivity contribution >= 4 is 18.0 Å². The van der Waals surface area contributed by atoms with Crippen molar-refractivity contribution in [1.29, 1.82) is 0 Å². The van der Waals surface area contributed by atoms with E-state index in [4.69, 9.17) is 0 Å². The maximum absolute atomic E-state index is 9.99. The van der Waals surface area contributed by atoms with Crippen molar-refractivity contribution in [2.24, 2.45) is 0 Å². The Kier molecular flexibility index (Phi) is 11.3. The summed E-state index contributed by atoms with van der Waals surface area (Å²) in [5, 5.41) is 0.896. The quantitative estimate of drug-likeness (QED) is 0.336. The fourth-order valence-corrected chi connectivity index (χ4v) is 1.28. The fourth-order valence-electron chi connectivity index (χ4n) is 0.731. The molecular weight excluding hydrogens is 211 g/mol. The minimum absolute atomic E-state index is 0. The molecule has 0 aromatic carbocycles. The molecule has 0 aliphatic heterocycles. The first-order valence-electron chi connectivity index (χ1n) is 3.65. The Balaban J connectivity index is 0. The van der Waals surface area contributed by atoms with Gasteiger partial charge in [0.25, 0.3) is 0 Å². The second-order valence-electron chi connectivity index (χ2n) is 2.10. The van der Waals surface area contributed by atoms with Gasteiger partial charge in [0.1, 0.15) is 5.03 Å². The predicted octanol–water partition coefficient (Wildman–Crippen LogP) is -1.93. The van der Waals surface area contributed by atoms with Crippen LogP contribution in [0.4, 0.5) is 0 Å². The molecule has 6 heteroatoms. The molecule has 0 saturated heterocycles. The Morgan fingerprint density at radius 1 is 1.43 bits per heavy atom. The molecule has 0 bridgehead atoms. The summed E-state index contributed by atoms with van der Waals surface area (Å²) < 4.78 is 0. The van der Waals surface area contributed by atoms with Crippen LogP contribution in [0.3, 0.4) is 0 Å². The van der Waals surface area contributed by atoms with E-state index in [-0.39, 0.29) is 41.5 Å². The average molecular weight is 221 g/mol. The topological polar surface area (TPSA) is 72.8 Å². The van der Waals surface area contributed by atoms with Crippen LogP contribution in [0, 0.1) is 0 Å². The van der Waals surface area contributed by atoms with Gasteiger partial charge in [0, 0.05) is 11.9 Å². The number of nitrogens with zero attached hydrogens (tertiary/aromatic N) is 2. The monoisotopic (exact) mass is 221 g/mol. The SMILES string of the molecule is CCSc1cnc(C[C-]=O)cn1.[Na+].[OH-]. The Hall–Kier alpha value is 0.0600. The Labute approximate surface area is 110 Å². The Morgan fingerprint density at radius 3 is 2.57 bits per heavy atom. The Bertz CT molecular complexity index is 256. The van der Waals surface area contributed by atoms with Gasteiger partial charge in [-0.2, -0.15) is 0 Å². The summed E-state index contributed by atoms with van der Waals surface area (Å²) in [5.41, 5.74) is 0.672. The van der Waals surface area contributed by atoms with Crippen molar-refractivity contribution in [3.05, 3.63) is 18.1 Å². The first-order chi connectivity index (χ1) is 5.86. The van der Waals surface area contributed by atoms with Crippen LogP contribution in [0.25, 0.3) is 0 Å². The molecule has 1 heterocycles. The first-order valence-corrected chi connectivity index (χ1v) is 4.64. The second-order valence-corrected chi connectivity index (χ2v) is 3.38. The van der Waals surface area contributed by atoms with Crippen LogP contribution in [0.15, 0.2) is 17.4 Å². The summed E-state index contributed by atoms with van der Waals surface area (Å²) >= 11 is 1.63. The van der Waals surface area contributed by atoms with Gasteiger partial charge in [-0.15, -0.1) is 18.2 Å². The van der Waals surface area contributed by atoms with Crippen LogP contribution in [-0.2, 0) is 11.2 Å². The van der Waals surface area contributed by atoms with Crippen molar-refractivity contribution in [3.8, 4) is 0 Å². The number of hydrogen-bond donors (Lipinski definition) is 0. The van der Waals surface area contributed by atoms with E-state index < -0.39 is 0 Å². The molecule has 0 atom stereocenters. The van der Waals surface area contributed by atoms with Crippen LogP contribution in [0.1, 0.15) is 12.6 Å². The molecule has 1 aromatic rings. The van der Waals surface area contributed by atoms with Crippen LogP contribution in [0.2, 0.25) is 0 Å². The summed E-state index contributed by atoms with van der Waals surface area (Å²) in [4.78, 5) is 18.1. The maximum Gasteiger partial charge on any atom is 1.00 e. The average Bonchev–Trinajstić information content (AvgIpc) is 2.09. The molecule has 1 rings (SSSR count).